The van der Waals surface area contributed by atoms with Crippen molar-refractivity contribution in [3.05, 3.63) is 47.2 Å². The minimum atomic E-state index is -4.50. The summed E-state index contributed by atoms with van der Waals surface area (Å²) < 4.78 is 38.4. The summed E-state index contributed by atoms with van der Waals surface area (Å²) in [7, 11) is 0. The van der Waals surface area contributed by atoms with Gasteiger partial charge in [0.25, 0.3) is 0 Å². The molecule has 4 rings (SSSR count). The third kappa shape index (κ3) is 4.76. The van der Waals surface area contributed by atoms with Gasteiger partial charge in [0.15, 0.2) is 5.82 Å². The first kappa shape index (κ1) is 21.0. The van der Waals surface area contributed by atoms with Gasteiger partial charge in [-0.15, -0.1) is 5.10 Å². The Labute approximate surface area is 179 Å². The standard InChI is InChI=1S/C19H17ClF3N7O/c20-13-9-12(19(21,22)23)10-25-16(13)30-7-4-11(5-8-30)17(31)27-18-26-15(28-29-18)14-3-1-2-6-24-14/h1-3,6,9-11H,4-5,7-8H2,(H2,26,27,28,29,31). The number of halogens is 4. The first-order valence-corrected chi connectivity index (χ1v) is 9.81. The number of carbonyl (C=O) groups is 1. The lowest BCUT2D eigenvalue weighted by molar-refractivity contribution is -0.137. The van der Waals surface area contributed by atoms with E-state index in [9.17, 15) is 18.0 Å². The Balaban J connectivity index is 1.35. The molecule has 0 bridgehead atoms. The van der Waals surface area contributed by atoms with Crippen LogP contribution in [0.2, 0.25) is 5.02 Å². The van der Waals surface area contributed by atoms with Gasteiger partial charge in [0.1, 0.15) is 11.5 Å². The quantitative estimate of drug-likeness (QED) is 0.626. The molecule has 0 unspecified atom stereocenters. The third-order valence-electron chi connectivity index (χ3n) is 4.94. The number of aromatic amines is 1. The highest BCUT2D eigenvalue weighted by atomic mass is 35.5. The summed E-state index contributed by atoms with van der Waals surface area (Å²) in [6.45, 7) is 0.868. The van der Waals surface area contributed by atoms with Crippen molar-refractivity contribution < 1.29 is 18.0 Å². The molecule has 31 heavy (non-hydrogen) atoms. The maximum Gasteiger partial charge on any atom is 0.417 e. The predicted molar refractivity (Wildman–Crippen MR) is 107 cm³/mol. The first-order chi connectivity index (χ1) is 14.8. The number of aromatic nitrogens is 5. The minimum Gasteiger partial charge on any atom is -0.355 e. The van der Waals surface area contributed by atoms with E-state index in [0.717, 1.165) is 12.3 Å². The topological polar surface area (TPSA) is 99.7 Å². The van der Waals surface area contributed by atoms with Gasteiger partial charge in [0, 0.05) is 31.4 Å². The molecule has 1 amide bonds. The highest BCUT2D eigenvalue weighted by Gasteiger charge is 2.33. The Morgan fingerprint density at radius 1 is 1.23 bits per heavy atom. The zero-order valence-corrected chi connectivity index (χ0v) is 16.8. The van der Waals surface area contributed by atoms with Gasteiger partial charge in [-0.3, -0.25) is 20.2 Å². The van der Waals surface area contributed by atoms with E-state index in [2.05, 4.69) is 30.5 Å². The highest BCUT2D eigenvalue weighted by molar-refractivity contribution is 6.33. The number of anilines is 2. The van der Waals surface area contributed by atoms with Crippen LogP contribution in [0.25, 0.3) is 11.5 Å². The van der Waals surface area contributed by atoms with Gasteiger partial charge in [-0.25, -0.2) is 4.98 Å². The van der Waals surface area contributed by atoms with Crippen LogP contribution in [0.4, 0.5) is 24.9 Å². The van der Waals surface area contributed by atoms with E-state index in [4.69, 9.17) is 11.6 Å². The number of H-pyrrole nitrogens is 1. The molecule has 1 fully saturated rings. The number of alkyl halides is 3. The van der Waals surface area contributed by atoms with Crippen molar-refractivity contribution in [1.82, 2.24) is 25.1 Å². The van der Waals surface area contributed by atoms with Crippen LogP contribution in [0.3, 0.4) is 0 Å². The number of piperidine rings is 1. The lowest BCUT2D eigenvalue weighted by Gasteiger charge is -2.32. The van der Waals surface area contributed by atoms with E-state index in [-0.39, 0.29) is 28.6 Å². The number of rotatable bonds is 4. The maximum absolute atomic E-state index is 12.8. The van der Waals surface area contributed by atoms with Gasteiger partial charge < -0.3 is 4.90 Å². The fourth-order valence-corrected chi connectivity index (χ4v) is 3.61. The van der Waals surface area contributed by atoms with Gasteiger partial charge >= 0.3 is 6.18 Å². The van der Waals surface area contributed by atoms with Gasteiger partial charge in [-0.05, 0) is 31.0 Å². The van der Waals surface area contributed by atoms with Crippen molar-refractivity contribution >= 4 is 29.3 Å². The van der Waals surface area contributed by atoms with Crippen molar-refractivity contribution in [2.75, 3.05) is 23.3 Å². The van der Waals surface area contributed by atoms with Crippen molar-refractivity contribution in [2.45, 2.75) is 19.0 Å². The van der Waals surface area contributed by atoms with Gasteiger partial charge in [-0.1, -0.05) is 17.7 Å². The van der Waals surface area contributed by atoms with Crippen LogP contribution in [0.1, 0.15) is 18.4 Å². The van der Waals surface area contributed by atoms with E-state index in [0.29, 0.717) is 37.4 Å². The van der Waals surface area contributed by atoms with Crippen LogP contribution >= 0.6 is 11.6 Å². The Hall–Kier alpha value is -3.21. The summed E-state index contributed by atoms with van der Waals surface area (Å²) >= 11 is 6.02. The summed E-state index contributed by atoms with van der Waals surface area (Å²) in [6.07, 6.45) is -1.13. The van der Waals surface area contributed by atoms with Crippen LogP contribution < -0.4 is 10.2 Å². The van der Waals surface area contributed by atoms with E-state index >= 15 is 0 Å². The molecule has 0 saturated carbocycles. The predicted octanol–water partition coefficient (Wildman–Crippen LogP) is 3.79. The highest BCUT2D eigenvalue weighted by Crippen LogP contribution is 2.34. The molecule has 2 N–H and O–H groups in total. The number of amides is 1. The fraction of sp³-hybridized carbons (Fsp3) is 0.316. The molecule has 0 aromatic carbocycles. The Morgan fingerprint density at radius 3 is 2.65 bits per heavy atom. The van der Waals surface area contributed by atoms with E-state index in [1.54, 1.807) is 23.2 Å². The molecule has 162 valence electrons. The lowest BCUT2D eigenvalue weighted by Crippen LogP contribution is -2.38. The molecule has 12 heteroatoms. The van der Waals surface area contributed by atoms with Gasteiger partial charge in [0.2, 0.25) is 11.9 Å². The SMILES string of the molecule is O=C(Nc1n[nH]c(-c2ccccn2)n1)C1CCN(c2ncc(C(F)(F)F)cc2Cl)CC1. The smallest absolute Gasteiger partial charge is 0.355 e. The van der Waals surface area contributed by atoms with Crippen molar-refractivity contribution in [3.8, 4) is 11.5 Å². The number of carbonyl (C=O) groups excluding carboxylic acids is 1. The fourth-order valence-electron chi connectivity index (χ4n) is 3.32. The summed E-state index contributed by atoms with van der Waals surface area (Å²) in [5.41, 5.74) is -0.295. The van der Waals surface area contributed by atoms with E-state index < -0.39 is 11.7 Å². The first-order valence-electron chi connectivity index (χ1n) is 9.43. The second kappa shape index (κ2) is 8.50. The monoisotopic (exact) mass is 451 g/mol. The zero-order chi connectivity index (χ0) is 22.0. The van der Waals surface area contributed by atoms with E-state index in [1.807, 2.05) is 6.07 Å². The van der Waals surface area contributed by atoms with Gasteiger partial charge in [0.05, 0.1) is 10.6 Å². The molecule has 0 aliphatic carbocycles. The molecular formula is C19H17ClF3N7O. The Bertz CT molecular complexity index is 1070. The van der Waals surface area contributed by atoms with Gasteiger partial charge in [-0.2, -0.15) is 18.2 Å². The molecule has 1 aliphatic heterocycles. The van der Waals surface area contributed by atoms with Crippen LogP contribution in [-0.4, -0.2) is 44.1 Å². The lowest BCUT2D eigenvalue weighted by atomic mass is 9.96. The Kier molecular flexibility index (Phi) is 5.77. The molecule has 4 heterocycles. The number of nitrogens with one attached hydrogen (secondary N) is 2. The third-order valence-corrected chi connectivity index (χ3v) is 5.22. The normalized spacial score (nSPS) is 15.2. The molecule has 3 aromatic rings. The van der Waals surface area contributed by atoms with Crippen LogP contribution in [0.5, 0.6) is 0 Å². The average Bonchev–Trinajstić information content (AvgIpc) is 3.22. The minimum absolute atomic E-state index is 0.0690. The summed E-state index contributed by atoms with van der Waals surface area (Å²) in [6, 6.07) is 6.23. The second-order valence-corrected chi connectivity index (χ2v) is 7.41. The number of pyridine rings is 2. The molecular weight excluding hydrogens is 435 g/mol. The summed E-state index contributed by atoms with van der Waals surface area (Å²) in [5, 5.41) is 9.34. The zero-order valence-electron chi connectivity index (χ0n) is 16.0. The summed E-state index contributed by atoms with van der Waals surface area (Å²) in [5.74, 6) is 0.357. The van der Waals surface area contributed by atoms with Crippen LogP contribution in [-0.2, 0) is 11.0 Å². The van der Waals surface area contributed by atoms with Crippen molar-refractivity contribution in [3.63, 3.8) is 0 Å². The molecule has 8 nitrogen and oxygen atoms in total. The average molecular weight is 452 g/mol. The van der Waals surface area contributed by atoms with Crippen molar-refractivity contribution in [2.24, 2.45) is 5.92 Å². The number of nitrogens with zero attached hydrogens (tertiary/aromatic N) is 5. The van der Waals surface area contributed by atoms with E-state index in [1.165, 1.54) is 0 Å². The summed E-state index contributed by atoms with van der Waals surface area (Å²) in [4.78, 5) is 26.6. The Morgan fingerprint density at radius 2 is 2.00 bits per heavy atom. The number of hydrogen-bond acceptors (Lipinski definition) is 6. The van der Waals surface area contributed by atoms with Crippen molar-refractivity contribution in [1.29, 1.82) is 0 Å². The molecule has 1 saturated heterocycles. The second-order valence-electron chi connectivity index (χ2n) is 7.00. The molecule has 1 aliphatic rings. The maximum atomic E-state index is 12.8. The molecule has 3 aromatic heterocycles. The molecule has 0 spiro atoms. The van der Waals surface area contributed by atoms with Crippen LogP contribution in [0, 0.1) is 5.92 Å². The molecule has 0 atom stereocenters. The van der Waals surface area contributed by atoms with Crippen LogP contribution in [0.15, 0.2) is 36.7 Å². The molecule has 0 radical (unpaired) electrons. The largest absolute Gasteiger partial charge is 0.417 e. The number of hydrogen-bond donors (Lipinski definition) is 2.